The molecule has 0 bridgehead atoms. The lowest BCUT2D eigenvalue weighted by Crippen LogP contribution is -2.17. The molecule has 154 valence electrons. The number of aromatic nitrogens is 2. The molecule has 1 heterocycles. The Morgan fingerprint density at radius 2 is 1.76 bits per heavy atom. The summed E-state index contributed by atoms with van der Waals surface area (Å²) in [5.41, 5.74) is 1.90. The first-order chi connectivity index (χ1) is 13.7. The van der Waals surface area contributed by atoms with Crippen LogP contribution in [0.5, 0.6) is 11.5 Å². The highest BCUT2D eigenvalue weighted by atomic mass is 32.2. The van der Waals surface area contributed by atoms with E-state index in [4.69, 9.17) is 21.7 Å². The average Bonchev–Trinajstić information content (AvgIpc) is 3.00. The Kier molecular flexibility index (Phi) is 5.67. The molecule has 0 radical (unpaired) electrons. The van der Waals surface area contributed by atoms with E-state index in [1.807, 2.05) is 0 Å². The Morgan fingerprint density at radius 1 is 1.10 bits per heavy atom. The largest absolute Gasteiger partial charge is 0.497 e. The second kappa shape index (κ2) is 7.88. The Balaban J connectivity index is 2.11. The number of esters is 1. The topological polar surface area (TPSA) is 99.6 Å². The van der Waals surface area contributed by atoms with Crippen molar-refractivity contribution in [3.8, 4) is 11.5 Å². The molecule has 0 saturated carbocycles. The number of benzene rings is 2. The summed E-state index contributed by atoms with van der Waals surface area (Å²) < 4.78 is 43.2. The molecule has 0 unspecified atom stereocenters. The number of nitrogens with zero attached hydrogens (tertiary/aromatic N) is 1. The number of aromatic amines is 1. The maximum absolute atomic E-state index is 13.5. The molecule has 0 spiro atoms. The van der Waals surface area contributed by atoms with E-state index in [0.717, 1.165) is 3.97 Å². The number of hydrogen-bond acceptors (Lipinski definition) is 7. The minimum atomic E-state index is -3.99. The molecule has 2 aromatic carbocycles. The summed E-state index contributed by atoms with van der Waals surface area (Å²) in [6.45, 7) is 3.05. The monoisotopic (exact) mass is 436 g/mol. The van der Waals surface area contributed by atoms with Gasteiger partial charge in [0.1, 0.15) is 11.5 Å². The molecule has 0 atom stereocenters. The lowest BCUT2D eigenvalue weighted by molar-refractivity contribution is -0.142. The third-order valence-electron chi connectivity index (χ3n) is 4.37. The minimum absolute atomic E-state index is 0.0538. The van der Waals surface area contributed by atoms with E-state index in [-0.39, 0.29) is 16.3 Å². The number of carbonyl (C=O) groups excluding carboxylic acids is 1. The van der Waals surface area contributed by atoms with Crippen molar-refractivity contribution in [1.82, 2.24) is 8.96 Å². The summed E-state index contributed by atoms with van der Waals surface area (Å²) >= 11 is 5.29. The lowest BCUT2D eigenvalue weighted by atomic mass is 10.1. The van der Waals surface area contributed by atoms with Crippen LogP contribution in [0.1, 0.15) is 11.1 Å². The molecular weight excluding hydrogens is 416 g/mol. The average molecular weight is 437 g/mol. The van der Waals surface area contributed by atoms with Crippen LogP contribution in [0.3, 0.4) is 0 Å². The summed E-state index contributed by atoms with van der Waals surface area (Å²) in [5, 5.41) is 0. The fraction of sp³-hybridized carbons (Fsp3) is 0.263. The number of methoxy groups -OCH3 is 2. The molecule has 10 heteroatoms. The van der Waals surface area contributed by atoms with Gasteiger partial charge in [-0.25, -0.2) is 17.2 Å². The van der Waals surface area contributed by atoms with Crippen molar-refractivity contribution in [2.75, 3.05) is 20.8 Å². The molecule has 3 rings (SSSR count). The molecular formula is C19H20N2O6S2. The molecule has 29 heavy (non-hydrogen) atoms. The van der Waals surface area contributed by atoms with Crippen LogP contribution < -0.4 is 9.47 Å². The molecule has 1 N–H and O–H groups in total. The van der Waals surface area contributed by atoms with E-state index in [1.54, 1.807) is 44.2 Å². The second-order valence-corrected chi connectivity index (χ2v) is 8.44. The van der Waals surface area contributed by atoms with Crippen LogP contribution in [0.25, 0.3) is 11.0 Å². The number of rotatable bonds is 6. The molecule has 0 amide bonds. The molecule has 0 aliphatic rings. The van der Waals surface area contributed by atoms with Gasteiger partial charge >= 0.3 is 5.97 Å². The van der Waals surface area contributed by atoms with Crippen LogP contribution in [0.2, 0.25) is 0 Å². The van der Waals surface area contributed by atoms with Crippen molar-refractivity contribution in [1.29, 1.82) is 0 Å². The van der Waals surface area contributed by atoms with E-state index in [9.17, 15) is 13.2 Å². The molecule has 1 aromatic heterocycles. The van der Waals surface area contributed by atoms with Gasteiger partial charge in [0.05, 0.1) is 30.1 Å². The quantitative estimate of drug-likeness (QED) is 0.468. The van der Waals surface area contributed by atoms with E-state index in [0.29, 0.717) is 33.7 Å². The van der Waals surface area contributed by atoms with E-state index < -0.39 is 16.0 Å². The number of aryl methyl sites for hydroxylation is 2. The zero-order valence-electron chi connectivity index (χ0n) is 16.3. The van der Waals surface area contributed by atoms with Crippen LogP contribution >= 0.6 is 12.2 Å². The summed E-state index contributed by atoms with van der Waals surface area (Å²) in [5.74, 6) is 0.423. The first-order valence-electron chi connectivity index (χ1n) is 8.54. The van der Waals surface area contributed by atoms with E-state index in [2.05, 4.69) is 9.72 Å². The van der Waals surface area contributed by atoms with Gasteiger partial charge in [-0.15, -0.1) is 0 Å². The fourth-order valence-electron chi connectivity index (χ4n) is 3.13. The van der Waals surface area contributed by atoms with Gasteiger partial charge in [0.2, 0.25) is 0 Å². The van der Waals surface area contributed by atoms with Gasteiger partial charge in [-0.2, -0.15) is 0 Å². The second-order valence-electron chi connectivity index (χ2n) is 6.33. The highest BCUT2D eigenvalue weighted by Gasteiger charge is 2.26. The molecule has 3 aromatic rings. The summed E-state index contributed by atoms with van der Waals surface area (Å²) in [6, 6.07) is 8.10. The minimum Gasteiger partial charge on any atom is -0.497 e. The first-order valence-corrected chi connectivity index (χ1v) is 10.4. The summed E-state index contributed by atoms with van der Waals surface area (Å²) in [6.07, 6.45) is 0. The predicted octanol–water partition coefficient (Wildman–Crippen LogP) is 3.11. The molecule has 0 aliphatic heterocycles. The number of nitrogens with one attached hydrogen (secondary N) is 1. The number of hydrogen-bond donors (Lipinski definition) is 1. The van der Waals surface area contributed by atoms with Crippen LogP contribution in [-0.4, -0.2) is 44.2 Å². The number of carbonyl (C=O) groups is 1. The van der Waals surface area contributed by atoms with E-state index in [1.165, 1.54) is 14.2 Å². The highest BCUT2D eigenvalue weighted by molar-refractivity contribution is 7.90. The molecule has 0 saturated heterocycles. The van der Waals surface area contributed by atoms with E-state index >= 15 is 0 Å². The van der Waals surface area contributed by atoms with Crippen LogP contribution in [0.4, 0.5) is 0 Å². The van der Waals surface area contributed by atoms with Gasteiger partial charge in [-0.05, 0) is 61.5 Å². The molecule has 8 nitrogen and oxygen atoms in total. The number of imidazole rings is 1. The SMILES string of the molecule is COC(=O)COc1cc(C)c(S(=O)(=O)n2c(=S)[nH]c3cc(OC)ccc32)c(C)c1. The zero-order valence-corrected chi connectivity index (χ0v) is 17.9. The maximum atomic E-state index is 13.5. The van der Waals surface area contributed by atoms with Gasteiger partial charge in [-0.1, -0.05) is 0 Å². The normalized spacial score (nSPS) is 11.4. The number of H-pyrrole nitrogens is 1. The van der Waals surface area contributed by atoms with Crippen LogP contribution in [-0.2, 0) is 19.6 Å². The fourth-order valence-corrected chi connectivity index (χ4v) is 5.43. The van der Waals surface area contributed by atoms with Crippen molar-refractivity contribution in [3.05, 3.63) is 46.2 Å². The number of fused-ring (bicyclic) bond motifs is 1. The van der Waals surface area contributed by atoms with Crippen molar-refractivity contribution < 1.29 is 27.4 Å². The Morgan fingerprint density at radius 3 is 2.34 bits per heavy atom. The van der Waals surface area contributed by atoms with Gasteiger partial charge in [0.25, 0.3) is 10.0 Å². The Hall–Kier alpha value is -2.85. The van der Waals surface area contributed by atoms with Crippen molar-refractivity contribution in [2.24, 2.45) is 0 Å². The van der Waals surface area contributed by atoms with Crippen molar-refractivity contribution in [2.45, 2.75) is 18.7 Å². The molecule has 0 fully saturated rings. The van der Waals surface area contributed by atoms with Crippen molar-refractivity contribution >= 4 is 39.2 Å². The first kappa shape index (κ1) is 20.9. The maximum Gasteiger partial charge on any atom is 0.343 e. The summed E-state index contributed by atoms with van der Waals surface area (Å²) in [4.78, 5) is 14.3. The van der Waals surface area contributed by atoms with Crippen molar-refractivity contribution in [3.63, 3.8) is 0 Å². The van der Waals surface area contributed by atoms with Gasteiger partial charge in [-0.3, -0.25) is 0 Å². The predicted molar refractivity (Wildman–Crippen MR) is 110 cm³/mol. The zero-order chi connectivity index (χ0) is 21.3. The third-order valence-corrected chi connectivity index (χ3v) is 6.79. The van der Waals surface area contributed by atoms with Gasteiger partial charge < -0.3 is 19.2 Å². The standard InChI is InChI=1S/C19H20N2O6S2/c1-11-7-14(27-10-17(22)26-4)8-12(2)18(11)29(23,24)21-16-6-5-13(25-3)9-15(16)20-19(21)28/h5-9H,10H2,1-4H3,(H,20,28). The lowest BCUT2D eigenvalue weighted by Gasteiger charge is -2.15. The third kappa shape index (κ3) is 3.85. The van der Waals surface area contributed by atoms with Crippen LogP contribution in [0, 0.1) is 18.6 Å². The Bertz CT molecular complexity index is 1230. The smallest absolute Gasteiger partial charge is 0.343 e. The van der Waals surface area contributed by atoms with Crippen LogP contribution in [0.15, 0.2) is 35.2 Å². The molecule has 0 aliphatic carbocycles. The van der Waals surface area contributed by atoms with Gasteiger partial charge in [0, 0.05) is 6.07 Å². The Labute approximate surface area is 173 Å². The van der Waals surface area contributed by atoms with Gasteiger partial charge in [0.15, 0.2) is 11.4 Å². The summed E-state index contributed by atoms with van der Waals surface area (Å²) in [7, 11) is -1.20. The highest BCUT2D eigenvalue weighted by Crippen LogP contribution is 2.30. The number of ether oxygens (including phenoxy) is 3.